The first-order valence-corrected chi connectivity index (χ1v) is 11.4. The van der Waals surface area contributed by atoms with Crippen molar-refractivity contribution in [2.24, 2.45) is 5.92 Å². The second-order valence-electron chi connectivity index (χ2n) is 8.99. The van der Waals surface area contributed by atoms with Crippen LogP contribution in [0.4, 0.5) is 5.82 Å². The van der Waals surface area contributed by atoms with Gasteiger partial charge in [0, 0.05) is 29.9 Å². The number of hydrogen-bond acceptors (Lipinski definition) is 8. The summed E-state index contributed by atoms with van der Waals surface area (Å²) in [6, 6.07) is 18.1. The number of pyridine rings is 1. The van der Waals surface area contributed by atoms with E-state index >= 15 is 0 Å². The number of fused-ring (bicyclic) bond motifs is 3. The number of aromatic nitrogens is 4. The van der Waals surface area contributed by atoms with Gasteiger partial charge in [0.15, 0.2) is 17.3 Å². The molecule has 1 atom stereocenters. The van der Waals surface area contributed by atoms with Crippen molar-refractivity contribution >= 4 is 5.82 Å². The third kappa shape index (κ3) is 3.33. The topological polar surface area (TPSA) is 118 Å². The maximum absolute atomic E-state index is 10.2. The Hall–Kier alpha value is -4.09. The zero-order valence-electron chi connectivity index (χ0n) is 18.6. The monoisotopic (exact) mass is 449 g/mol. The largest absolute Gasteiger partial charge is 0.382 e. The lowest BCUT2D eigenvalue weighted by Gasteiger charge is -2.49. The van der Waals surface area contributed by atoms with E-state index in [4.69, 9.17) is 15.2 Å². The molecule has 8 heteroatoms. The Morgan fingerprint density at radius 2 is 1.85 bits per heavy atom. The number of rotatable bonds is 4. The molecular weight excluding hydrogens is 426 g/mol. The Balaban J connectivity index is 1.37. The summed E-state index contributed by atoms with van der Waals surface area (Å²) in [4.78, 5) is 16.1. The zero-order chi connectivity index (χ0) is 23.1. The van der Waals surface area contributed by atoms with Gasteiger partial charge >= 0.3 is 0 Å². The number of benzene rings is 1. The second kappa shape index (κ2) is 8.04. The minimum absolute atomic E-state index is 0.264. The van der Waals surface area contributed by atoms with Gasteiger partial charge in [-0.2, -0.15) is 5.26 Å². The molecule has 7 rings (SSSR count). The molecular formula is C26H23N7O. The molecule has 3 aliphatic heterocycles. The summed E-state index contributed by atoms with van der Waals surface area (Å²) >= 11 is 0. The predicted molar refractivity (Wildman–Crippen MR) is 127 cm³/mol. The van der Waals surface area contributed by atoms with Gasteiger partial charge in [0.05, 0.1) is 23.7 Å². The Bertz CT molecular complexity index is 1390. The highest BCUT2D eigenvalue weighted by molar-refractivity contribution is 5.73. The summed E-state index contributed by atoms with van der Waals surface area (Å²) in [5.74, 6) is 1.04. The number of anilines is 1. The van der Waals surface area contributed by atoms with Crippen LogP contribution in [0.25, 0.3) is 34.0 Å². The van der Waals surface area contributed by atoms with Crippen molar-refractivity contribution in [3.05, 3.63) is 66.6 Å². The molecule has 168 valence electrons. The summed E-state index contributed by atoms with van der Waals surface area (Å²) < 4.78 is 5.57. The van der Waals surface area contributed by atoms with Gasteiger partial charge in [-0.05, 0) is 44.0 Å². The van der Waals surface area contributed by atoms with Gasteiger partial charge in [0.25, 0.3) is 0 Å². The number of nitrogens with two attached hydrogens (primary N) is 1. The first-order chi connectivity index (χ1) is 16.7. The maximum Gasteiger partial charge on any atom is 0.189 e. The lowest BCUT2D eigenvalue weighted by Crippen LogP contribution is -2.56. The first kappa shape index (κ1) is 20.5. The summed E-state index contributed by atoms with van der Waals surface area (Å²) in [5.41, 5.74) is 9.92. The minimum Gasteiger partial charge on any atom is -0.382 e. The number of nitrogens with zero attached hydrogens (tertiary/aromatic N) is 6. The highest BCUT2D eigenvalue weighted by atomic mass is 16.5. The molecule has 8 nitrogen and oxygen atoms in total. The van der Waals surface area contributed by atoms with Crippen molar-refractivity contribution in [2.75, 3.05) is 25.4 Å². The smallest absolute Gasteiger partial charge is 0.189 e. The highest BCUT2D eigenvalue weighted by Gasteiger charge is 2.49. The van der Waals surface area contributed by atoms with Crippen molar-refractivity contribution in [3.63, 3.8) is 0 Å². The quantitative estimate of drug-likeness (QED) is 0.498. The molecule has 0 amide bonds. The number of hydrogen-bond donors (Lipinski definition) is 1. The van der Waals surface area contributed by atoms with Crippen molar-refractivity contribution in [3.8, 4) is 40.0 Å². The van der Waals surface area contributed by atoms with E-state index in [1.165, 1.54) is 0 Å². The summed E-state index contributed by atoms with van der Waals surface area (Å²) in [6.45, 7) is 2.84. The molecule has 0 saturated carbocycles. The van der Waals surface area contributed by atoms with Crippen LogP contribution >= 0.6 is 0 Å². The summed E-state index contributed by atoms with van der Waals surface area (Å²) in [6.07, 6.45) is 5.45. The van der Waals surface area contributed by atoms with Crippen LogP contribution in [-0.4, -0.2) is 44.6 Å². The number of nitriles is 1. The van der Waals surface area contributed by atoms with E-state index in [0.717, 1.165) is 49.3 Å². The van der Waals surface area contributed by atoms with E-state index in [1.807, 2.05) is 48.5 Å². The van der Waals surface area contributed by atoms with Crippen LogP contribution in [0.5, 0.6) is 0 Å². The molecule has 3 fully saturated rings. The van der Waals surface area contributed by atoms with Crippen LogP contribution in [0.15, 0.2) is 65.4 Å². The van der Waals surface area contributed by atoms with Crippen molar-refractivity contribution in [1.29, 1.82) is 5.26 Å². The van der Waals surface area contributed by atoms with Gasteiger partial charge in [-0.15, -0.1) is 0 Å². The number of piperidine rings is 3. The molecule has 1 unspecified atom stereocenters. The minimum atomic E-state index is -0.591. The Labute approximate surface area is 197 Å². The normalized spacial score (nSPS) is 23.5. The van der Waals surface area contributed by atoms with Crippen LogP contribution < -0.4 is 5.73 Å². The zero-order valence-corrected chi connectivity index (χ0v) is 18.6. The third-order valence-electron chi connectivity index (χ3n) is 7.08. The van der Waals surface area contributed by atoms with E-state index in [-0.39, 0.29) is 5.82 Å². The first-order valence-electron chi connectivity index (χ1n) is 11.4. The van der Waals surface area contributed by atoms with Crippen LogP contribution in [0.2, 0.25) is 0 Å². The SMILES string of the molecule is N#CC1(c2cc(-c3cnc(N)c(-c4cc(-c5ccccc5)no4)n3)ccn2)CN2CCC1CC2. The van der Waals surface area contributed by atoms with E-state index in [0.29, 0.717) is 28.8 Å². The van der Waals surface area contributed by atoms with E-state index < -0.39 is 5.41 Å². The van der Waals surface area contributed by atoms with Gasteiger partial charge in [0.2, 0.25) is 0 Å². The molecule has 2 N–H and O–H groups in total. The average molecular weight is 450 g/mol. The standard InChI is InChI=1S/C26H23N7O/c27-15-26(16-33-10-7-19(26)8-11-33)23-12-18(6-9-29-23)21-14-30-25(28)24(31-21)22-13-20(32-34-22)17-4-2-1-3-5-17/h1-6,9,12-14,19H,7-8,10-11,16H2,(H2,28,30). The van der Waals surface area contributed by atoms with Crippen LogP contribution in [0.1, 0.15) is 18.5 Å². The predicted octanol–water partition coefficient (Wildman–Crippen LogP) is 3.93. The van der Waals surface area contributed by atoms with E-state index in [2.05, 4.69) is 26.1 Å². The molecule has 3 aliphatic rings. The molecule has 4 aromatic rings. The molecule has 3 aromatic heterocycles. The van der Waals surface area contributed by atoms with Crippen molar-refractivity contribution in [2.45, 2.75) is 18.3 Å². The summed E-state index contributed by atoms with van der Waals surface area (Å²) in [7, 11) is 0. The molecule has 6 heterocycles. The van der Waals surface area contributed by atoms with Gasteiger partial charge in [0.1, 0.15) is 11.1 Å². The Morgan fingerprint density at radius 1 is 1.03 bits per heavy atom. The van der Waals surface area contributed by atoms with E-state index in [9.17, 15) is 5.26 Å². The number of nitrogen functional groups attached to an aromatic ring is 1. The molecule has 2 bridgehead atoms. The van der Waals surface area contributed by atoms with Gasteiger partial charge in [-0.3, -0.25) is 4.98 Å². The van der Waals surface area contributed by atoms with Crippen LogP contribution in [-0.2, 0) is 5.41 Å². The fourth-order valence-electron chi connectivity index (χ4n) is 5.22. The highest BCUT2D eigenvalue weighted by Crippen LogP contribution is 2.44. The Morgan fingerprint density at radius 3 is 2.59 bits per heavy atom. The molecule has 1 aromatic carbocycles. The lowest BCUT2D eigenvalue weighted by molar-refractivity contribution is 0.0510. The molecule has 0 radical (unpaired) electrons. The van der Waals surface area contributed by atoms with Crippen molar-refractivity contribution in [1.82, 2.24) is 25.0 Å². The fourth-order valence-corrected chi connectivity index (χ4v) is 5.22. The van der Waals surface area contributed by atoms with Gasteiger partial charge < -0.3 is 15.2 Å². The van der Waals surface area contributed by atoms with Gasteiger partial charge in [-0.25, -0.2) is 9.97 Å². The molecule has 0 spiro atoms. The molecule has 3 saturated heterocycles. The van der Waals surface area contributed by atoms with Crippen LogP contribution in [0, 0.1) is 17.2 Å². The Kier molecular flexibility index (Phi) is 4.85. The summed E-state index contributed by atoms with van der Waals surface area (Å²) in [5, 5.41) is 14.4. The lowest BCUT2D eigenvalue weighted by atomic mass is 9.65. The van der Waals surface area contributed by atoms with Crippen LogP contribution in [0.3, 0.4) is 0 Å². The van der Waals surface area contributed by atoms with Crippen molar-refractivity contribution < 1.29 is 4.52 Å². The van der Waals surface area contributed by atoms with E-state index in [1.54, 1.807) is 12.4 Å². The maximum atomic E-state index is 10.2. The van der Waals surface area contributed by atoms with Gasteiger partial charge in [-0.1, -0.05) is 35.5 Å². The fraction of sp³-hybridized carbons (Fsp3) is 0.269. The molecule has 0 aliphatic carbocycles. The second-order valence-corrected chi connectivity index (χ2v) is 8.99. The molecule has 34 heavy (non-hydrogen) atoms. The average Bonchev–Trinajstić information content (AvgIpc) is 3.40. The third-order valence-corrected chi connectivity index (χ3v) is 7.08.